The second-order valence-corrected chi connectivity index (χ2v) is 7.95. The molecule has 1 nitrogen and oxygen atoms in total. The van der Waals surface area contributed by atoms with Crippen LogP contribution in [0.15, 0.2) is 0 Å². The highest BCUT2D eigenvalue weighted by atomic mass is 14.9. The molecule has 0 aromatic heterocycles. The van der Waals surface area contributed by atoms with Gasteiger partial charge in [0.15, 0.2) is 0 Å². The molecule has 0 fully saturated rings. The van der Waals surface area contributed by atoms with Crippen LogP contribution in [0.3, 0.4) is 0 Å². The molecule has 0 aliphatic carbocycles. The van der Waals surface area contributed by atoms with Crippen LogP contribution in [0.2, 0.25) is 0 Å². The molecule has 0 saturated heterocycles. The van der Waals surface area contributed by atoms with Gasteiger partial charge < -0.3 is 5.32 Å². The summed E-state index contributed by atoms with van der Waals surface area (Å²) >= 11 is 0. The Balaban J connectivity index is 3.11. The van der Waals surface area contributed by atoms with E-state index in [1.807, 2.05) is 0 Å². The number of nitrogens with one attached hydrogen (secondary N) is 1. The largest absolute Gasteiger partial charge is 0.314 e. The molecule has 0 heterocycles. The third-order valence-electron chi connectivity index (χ3n) is 5.26. The van der Waals surface area contributed by atoms with Crippen molar-refractivity contribution in [3.63, 3.8) is 0 Å². The van der Waals surface area contributed by atoms with Crippen molar-refractivity contribution in [3.05, 3.63) is 0 Å². The Morgan fingerprint density at radius 3 is 1.33 bits per heavy atom. The standard InChI is InChI=1S/C23H49N/c1-4-6-8-10-12-13-14-16-18-20-22-24-23(3)21-19-17-15-11-9-7-5-2/h23-24H,4-22H2,1-3H3. The second kappa shape index (κ2) is 21.0. The minimum absolute atomic E-state index is 0.721. The number of hydrogen-bond donors (Lipinski definition) is 1. The summed E-state index contributed by atoms with van der Waals surface area (Å²) in [5.74, 6) is 0. The Labute approximate surface area is 154 Å². The van der Waals surface area contributed by atoms with Gasteiger partial charge in [0.25, 0.3) is 0 Å². The van der Waals surface area contributed by atoms with Gasteiger partial charge in [-0.1, -0.05) is 117 Å². The van der Waals surface area contributed by atoms with Gasteiger partial charge >= 0.3 is 0 Å². The normalized spacial score (nSPS) is 12.6. The molecule has 0 aliphatic rings. The predicted molar refractivity (Wildman–Crippen MR) is 112 cm³/mol. The molecule has 0 aliphatic heterocycles. The van der Waals surface area contributed by atoms with Crippen LogP contribution < -0.4 is 5.32 Å². The van der Waals surface area contributed by atoms with Crippen molar-refractivity contribution >= 4 is 0 Å². The molecular formula is C23H49N. The van der Waals surface area contributed by atoms with Crippen molar-refractivity contribution < 1.29 is 0 Å². The highest BCUT2D eigenvalue weighted by molar-refractivity contribution is 4.61. The maximum Gasteiger partial charge on any atom is 0.00387 e. The average molecular weight is 340 g/mol. The lowest BCUT2D eigenvalue weighted by atomic mass is 10.1. The third-order valence-corrected chi connectivity index (χ3v) is 5.26. The summed E-state index contributed by atoms with van der Waals surface area (Å²) in [6.07, 6.45) is 25.7. The fourth-order valence-corrected chi connectivity index (χ4v) is 3.47. The molecule has 1 unspecified atom stereocenters. The molecule has 24 heavy (non-hydrogen) atoms. The molecule has 0 saturated carbocycles. The molecule has 0 rings (SSSR count). The molecule has 0 aromatic rings. The zero-order valence-corrected chi connectivity index (χ0v) is 17.5. The van der Waals surface area contributed by atoms with Gasteiger partial charge in [-0.3, -0.25) is 0 Å². The van der Waals surface area contributed by atoms with Gasteiger partial charge in [-0.05, 0) is 26.3 Å². The zero-order chi connectivity index (χ0) is 17.7. The Hall–Kier alpha value is -0.0400. The van der Waals surface area contributed by atoms with Crippen LogP contribution in [0.5, 0.6) is 0 Å². The summed E-state index contributed by atoms with van der Waals surface area (Å²) in [5.41, 5.74) is 0. The lowest BCUT2D eigenvalue weighted by Gasteiger charge is -2.13. The van der Waals surface area contributed by atoms with E-state index in [4.69, 9.17) is 0 Å². The van der Waals surface area contributed by atoms with E-state index < -0.39 is 0 Å². The van der Waals surface area contributed by atoms with Crippen LogP contribution in [0.1, 0.15) is 136 Å². The number of hydrogen-bond acceptors (Lipinski definition) is 1. The highest BCUT2D eigenvalue weighted by Crippen LogP contribution is 2.11. The second-order valence-electron chi connectivity index (χ2n) is 7.95. The molecule has 1 atom stereocenters. The number of unbranched alkanes of at least 4 members (excludes halogenated alkanes) is 15. The highest BCUT2D eigenvalue weighted by Gasteiger charge is 2.00. The Morgan fingerprint density at radius 2 is 0.875 bits per heavy atom. The monoisotopic (exact) mass is 339 g/mol. The van der Waals surface area contributed by atoms with Crippen molar-refractivity contribution in [1.82, 2.24) is 5.32 Å². The first-order valence-corrected chi connectivity index (χ1v) is 11.5. The van der Waals surface area contributed by atoms with Gasteiger partial charge in [0.2, 0.25) is 0 Å². The first-order valence-electron chi connectivity index (χ1n) is 11.5. The summed E-state index contributed by atoms with van der Waals surface area (Å²) in [6.45, 7) is 8.19. The van der Waals surface area contributed by atoms with Crippen molar-refractivity contribution in [2.45, 2.75) is 142 Å². The van der Waals surface area contributed by atoms with Crippen LogP contribution in [0.4, 0.5) is 0 Å². The summed E-state index contributed by atoms with van der Waals surface area (Å²) in [5, 5.41) is 3.72. The summed E-state index contributed by atoms with van der Waals surface area (Å²) in [6, 6.07) is 0.721. The van der Waals surface area contributed by atoms with Crippen LogP contribution >= 0.6 is 0 Å². The van der Waals surface area contributed by atoms with Gasteiger partial charge in [0.05, 0.1) is 0 Å². The fraction of sp³-hybridized carbons (Fsp3) is 1.00. The quantitative estimate of drug-likeness (QED) is 0.221. The summed E-state index contributed by atoms with van der Waals surface area (Å²) in [4.78, 5) is 0. The Morgan fingerprint density at radius 1 is 0.500 bits per heavy atom. The van der Waals surface area contributed by atoms with E-state index in [2.05, 4.69) is 26.1 Å². The Bertz CT molecular complexity index is 214. The first-order chi connectivity index (χ1) is 11.8. The SMILES string of the molecule is CCCCCCCCCCCCNC(C)CCCCCCCCC. The van der Waals surface area contributed by atoms with E-state index in [-0.39, 0.29) is 0 Å². The van der Waals surface area contributed by atoms with E-state index in [1.54, 1.807) is 0 Å². The summed E-state index contributed by atoms with van der Waals surface area (Å²) < 4.78 is 0. The van der Waals surface area contributed by atoms with Crippen molar-refractivity contribution in [2.75, 3.05) is 6.54 Å². The van der Waals surface area contributed by atoms with E-state index in [1.165, 1.54) is 122 Å². The van der Waals surface area contributed by atoms with Crippen LogP contribution in [0.25, 0.3) is 0 Å². The fourth-order valence-electron chi connectivity index (χ4n) is 3.47. The topological polar surface area (TPSA) is 12.0 Å². The van der Waals surface area contributed by atoms with E-state index >= 15 is 0 Å². The lowest BCUT2D eigenvalue weighted by Crippen LogP contribution is -2.26. The lowest BCUT2D eigenvalue weighted by molar-refractivity contribution is 0.464. The molecule has 1 N–H and O–H groups in total. The van der Waals surface area contributed by atoms with Gasteiger partial charge in [-0.25, -0.2) is 0 Å². The molecule has 0 aromatic carbocycles. The van der Waals surface area contributed by atoms with E-state index in [9.17, 15) is 0 Å². The molecule has 0 radical (unpaired) electrons. The maximum atomic E-state index is 3.72. The van der Waals surface area contributed by atoms with Crippen LogP contribution in [-0.2, 0) is 0 Å². The van der Waals surface area contributed by atoms with Gasteiger partial charge in [-0.2, -0.15) is 0 Å². The van der Waals surface area contributed by atoms with Crippen molar-refractivity contribution in [3.8, 4) is 0 Å². The van der Waals surface area contributed by atoms with Gasteiger partial charge in [0, 0.05) is 6.04 Å². The number of rotatable bonds is 20. The van der Waals surface area contributed by atoms with Crippen molar-refractivity contribution in [2.24, 2.45) is 0 Å². The first kappa shape index (κ1) is 24.0. The minimum atomic E-state index is 0.721. The van der Waals surface area contributed by atoms with Crippen LogP contribution in [0, 0.1) is 0 Å². The van der Waals surface area contributed by atoms with E-state index in [0.717, 1.165) is 6.04 Å². The van der Waals surface area contributed by atoms with Gasteiger partial charge in [0.1, 0.15) is 0 Å². The molecule has 0 amide bonds. The summed E-state index contributed by atoms with van der Waals surface area (Å²) in [7, 11) is 0. The van der Waals surface area contributed by atoms with Gasteiger partial charge in [-0.15, -0.1) is 0 Å². The smallest absolute Gasteiger partial charge is 0.00387 e. The third kappa shape index (κ3) is 20.0. The molecule has 1 heteroatoms. The molecular weight excluding hydrogens is 290 g/mol. The van der Waals surface area contributed by atoms with Crippen molar-refractivity contribution in [1.29, 1.82) is 0 Å². The minimum Gasteiger partial charge on any atom is -0.314 e. The van der Waals surface area contributed by atoms with Crippen LogP contribution in [-0.4, -0.2) is 12.6 Å². The predicted octanol–water partition coefficient (Wildman–Crippen LogP) is 8.03. The zero-order valence-electron chi connectivity index (χ0n) is 17.5. The Kier molecular flexibility index (Phi) is 21.0. The molecule has 0 bridgehead atoms. The average Bonchev–Trinajstić information content (AvgIpc) is 2.59. The van der Waals surface area contributed by atoms with E-state index in [0.29, 0.717) is 0 Å². The molecule has 0 spiro atoms. The maximum absolute atomic E-state index is 3.72. The molecule has 146 valence electrons.